The molecule has 2 aliphatic heterocycles. The minimum absolute atomic E-state index is 0. The number of nitrogens with one attached hydrogen (secondary N) is 2. The zero-order valence-electron chi connectivity index (χ0n) is 16.1. The zero-order chi connectivity index (χ0) is 18.1. The van der Waals surface area contributed by atoms with E-state index in [2.05, 4.69) is 57.3 Å². The fourth-order valence-electron chi connectivity index (χ4n) is 4.72. The fraction of sp³-hybridized carbons (Fsp3) is 0.600. The van der Waals surface area contributed by atoms with Crippen molar-refractivity contribution < 1.29 is 4.79 Å². The zero-order valence-corrected chi connectivity index (χ0v) is 19.9. The highest BCUT2D eigenvalue weighted by Crippen LogP contribution is 2.39. The normalized spacial score (nSPS) is 27.8. The smallest absolute Gasteiger partial charge is 0.350 e. The molecule has 0 unspecified atom stereocenters. The first kappa shape index (κ1) is 23.7. The molecule has 2 atom stereocenters. The van der Waals surface area contributed by atoms with Crippen molar-refractivity contribution in [2.24, 2.45) is 4.99 Å². The van der Waals surface area contributed by atoms with Crippen LogP contribution in [0.1, 0.15) is 51.9 Å². The molecule has 1 aromatic rings. The van der Waals surface area contributed by atoms with Crippen molar-refractivity contribution in [2.75, 3.05) is 11.4 Å². The van der Waals surface area contributed by atoms with Gasteiger partial charge in [-0.05, 0) is 86.0 Å². The predicted molar refractivity (Wildman–Crippen MR) is 128 cm³/mol. The van der Waals surface area contributed by atoms with Gasteiger partial charge in [0.1, 0.15) is 11.4 Å². The molecule has 1 saturated carbocycles. The molecular formula is C20H29Cl2IN4O. The topological polar surface area (TPSA) is 56.7 Å². The number of carbonyl (C=O) groups is 1. The molecule has 5 nitrogen and oxygen atoms in total. The molecule has 1 aromatic carbocycles. The lowest BCUT2D eigenvalue weighted by atomic mass is 9.81. The van der Waals surface area contributed by atoms with Crippen molar-refractivity contribution in [2.45, 2.75) is 69.5 Å². The average molecular weight is 539 g/mol. The maximum absolute atomic E-state index is 13.0. The van der Waals surface area contributed by atoms with Gasteiger partial charge in [0.2, 0.25) is 0 Å². The molecule has 0 bridgehead atoms. The van der Waals surface area contributed by atoms with Gasteiger partial charge in [0.05, 0.1) is 0 Å². The van der Waals surface area contributed by atoms with Gasteiger partial charge in [-0.25, -0.2) is 4.79 Å². The highest BCUT2D eigenvalue weighted by Gasteiger charge is 2.52. The number of halogens is 3. The second-order valence-electron chi connectivity index (χ2n) is 7.87. The van der Waals surface area contributed by atoms with Crippen LogP contribution in [0.3, 0.4) is 0 Å². The Hall–Kier alpha value is -0.570. The Morgan fingerprint density at radius 3 is 2.50 bits per heavy atom. The van der Waals surface area contributed by atoms with Gasteiger partial charge in [-0.3, -0.25) is 4.90 Å². The summed E-state index contributed by atoms with van der Waals surface area (Å²) in [5.74, 6) is 0.904. The Morgan fingerprint density at radius 2 is 1.86 bits per heavy atom. The molecule has 156 valence electrons. The van der Waals surface area contributed by atoms with E-state index in [4.69, 9.17) is 0 Å². The number of urea groups is 1. The van der Waals surface area contributed by atoms with E-state index < -0.39 is 0 Å². The number of hydrogen-bond acceptors (Lipinski definition) is 3. The lowest BCUT2D eigenvalue weighted by molar-refractivity contribution is 0.247. The van der Waals surface area contributed by atoms with Crippen LogP contribution in [0, 0.1) is 3.57 Å². The summed E-state index contributed by atoms with van der Waals surface area (Å²) in [6, 6.07) is 8.91. The van der Waals surface area contributed by atoms with E-state index in [0.29, 0.717) is 12.1 Å². The summed E-state index contributed by atoms with van der Waals surface area (Å²) in [6.07, 6.45) is 8.01. The molecule has 2 N–H and O–H groups in total. The van der Waals surface area contributed by atoms with Gasteiger partial charge in [0.25, 0.3) is 0 Å². The third kappa shape index (κ3) is 4.60. The molecule has 2 heterocycles. The summed E-state index contributed by atoms with van der Waals surface area (Å²) in [4.78, 5) is 19.5. The van der Waals surface area contributed by atoms with Crippen LogP contribution in [0.5, 0.6) is 0 Å². The van der Waals surface area contributed by atoms with Crippen LogP contribution >= 0.6 is 47.4 Å². The number of amides is 2. The van der Waals surface area contributed by atoms with Crippen LogP contribution in [-0.4, -0.2) is 36.0 Å². The SMILES string of the molecule is C[C@H]1C[C@]2(CCN1)C(NC1CCCCC1)=NC(=O)N2c1ccc(I)cc1.Cl.Cl. The lowest BCUT2D eigenvalue weighted by Gasteiger charge is -2.45. The minimum Gasteiger partial charge on any atom is -0.369 e. The van der Waals surface area contributed by atoms with Crippen LogP contribution in [0.15, 0.2) is 29.3 Å². The lowest BCUT2D eigenvalue weighted by Crippen LogP contribution is -2.63. The van der Waals surface area contributed by atoms with E-state index in [1.807, 2.05) is 17.0 Å². The van der Waals surface area contributed by atoms with Gasteiger partial charge in [-0.1, -0.05) is 19.3 Å². The van der Waals surface area contributed by atoms with Crippen molar-refractivity contribution in [3.63, 3.8) is 0 Å². The standard InChI is InChI=1S/C20H27IN4O.2ClH/c1-14-13-20(11-12-22-14)18(23-16-5-3-2-4-6-16)24-19(26)25(20)17-9-7-15(21)8-10-17;;/h7-10,14,16,22H,2-6,11-13H2,1H3,(H,23,24,26);2*1H/t14-,20+;;/m0../s1. The monoisotopic (exact) mass is 538 g/mol. The van der Waals surface area contributed by atoms with Crippen molar-refractivity contribution in [1.82, 2.24) is 10.6 Å². The predicted octanol–water partition coefficient (Wildman–Crippen LogP) is 4.91. The van der Waals surface area contributed by atoms with Crippen molar-refractivity contribution in [3.8, 4) is 0 Å². The molecular weight excluding hydrogens is 510 g/mol. The van der Waals surface area contributed by atoms with Crippen LogP contribution < -0.4 is 15.5 Å². The number of nitrogens with zero attached hydrogens (tertiary/aromatic N) is 2. The van der Waals surface area contributed by atoms with Crippen LogP contribution in [0.25, 0.3) is 0 Å². The fourth-order valence-corrected chi connectivity index (χ4v) is 5.08. The van der Waals surface area contributed by atoms with Crippen LogP contribution in [-0.2, 0) is 0 Å². The number of hydrogen-bond donors (Lipinski definition) is 2. The van der Waals surface area contributed by atoms with Gasteiger partial charge in [0.15, 0.2) is 0 Å². The van der Waals surface area contributed by atoms with E-state index >= 15 is 0 Å². The third-order valence-corrected chi connectivity index (χ3v) is 6.69. The van der Waals surface area contributed by atoms with E-state index in [0.717, 1.165) is 30.9 Å². The van der Waals surface area contributed by atoms with E-state index in [9.17, 15) is 4.79 Å². The number of benzene rings is 1. The van der Waals surface area contributed by atoms with Gasteiger partial charge < -0.3 is 10.6 Å². The first-order valence-electron chi connectivity index (χ1n) is 9.77. The Bertz CT molecular complexity index is 709. The summed E-state index contributed by atoms with van der Waals surface area (Å²) in [7, 11) is 0. The largest absolute Gasteiger partial charge is 0.369 e. The van der Waals surface area contributed by atoms with E-state index in [1.165, 1.54) is 35.7 Å². The maximum atomic E-state index is 13.0. The summed E-state index contributed by atoms with van der Waals surface area (Å²) >= 11 is 2.30. The summed E-state index contributed by atoms with van der Waals surface area (Å²) in [5, 5.41) is 7.23. The molecule has 0 aromatic heterocycles. The number of rotatable bonds is 2. The first-order chi connectivity index (χ1) is 12.6. The van der Waals surface area contributed by atoms with Crippen molar-refractivity contribution >= 4 is 65.0 Å². The molecule has 2 fully saturated rings. The second-order valence-corrected chi connectivity index (χ2v) is 9.12. The number of piperidine rings is 1. The Balaban J connectivity index is 0.00000140. The van der Waals surface area contributed by atoms with Crippen LogP contribution in [0.4, 0.5) is 10.5 Å². The van der Waals surface area contributed by atoms with E-state index in [-0.39, 0.29) is 36.4 Å². The highest BCUT2D eigenvalue weighted by atomic mass is 127. The molecule has 2 amide bonds. The van der Waals surface area contributed by atoms with Gasteiger partial charge >= 0.3 is 6.03 Å². The Labute approximate surface area is 193 Å². The first-order valence-corrected chi connectivity index (χ1v) is 10.9. The highest BCUT2D eigenvalue weighted by molar-refractivity contribution is 14.1. The number of aliphatic imine (C=N–C) groups is 1. The van der Waals surface area contributed by atoms with Crippen LogP contribution in [0.2, 0.25) is 0 Å². The van der Waals surface area contributed by atoms with Crippen molar-refractivity contribution in [3.05, 3.63) is 27.8 Å². The summed E-state index contributed by atoms with van der Waals surface area (Å²) in [6.45, 7) is 3.11. The van der Waals surface area contributed by atoms with Gasteiger partial charge in [-0.15, -0.1) is 24.8 Å². The number of carbonyl (C=O) groups excluding carboxylic acids is 1. The molecule has 4 rings (SSSR count). The summed E-state index contributed by atoms with van der Waals surface area (Å²) in [5.41, 5.74) is 0.611. The van der Waals surface area contributed by atoms with Gasteiger partial charge in [0, 0.05) is 21.3 Å². The molecule has 3 aliphatic rings. The van der Waals surface area contributed by atoms with Crippen molar-refractivity contribution in [1.29, 1.82) is 0 Å². The summed E-state index contributed by atoms with van der Waals surface area (Å²) < 4.78 is 1.17. The quantitative estimate of drug-likeness (QED) is 0.526. The number of anilines is 1. The molecule has 28 heavy (non-hydrogen) atoms. The maximum Gasteiger partial charge on any atom is 0.350 e. The number of amidine groups is 1. The molecule has 1 spiro atoms. The Morgan fingerprint density at radius 1 is 1.18 bits per heavy atom. The Kier molecular flexibility index (Phi) is 8.43. The third-order valence-electron chi connectivity index (χ3n) is 5.97. The average Bonchev–Trinajstić information content (AvgIpc) is 2.87. The molecule has 1 aliphatic carbocycles. The van der Waals surface area contributed by atoms with Gasteiger partial charge in [-0.2, -0.15) is 4.99 Å². The van der Waals surface area contributed by atoms with E-state index in [1.54, 1.807) is 0 Å². The molecule has 8 heteroatoms. The minimum atomic E-state index is -0.341. The second kappa shape index (κ2) is 9.96. The molecule has 0 radical (unpaired) electrons. The molecule has 1 saturated heterocycles.